The van der Waals surface area contributed by atoms with Crippen LogP contribution in [0.1, 0.15) is 32.6 Å². The average molecular weight is 284 g/mol. The van der Waals surface area contributed by atoms with Gasteiger partial charge in [0.15, 0.2) is 11.6 Å². The first kappa shape index (κ1) is 15.0. The van der Waals surface area contributed by atoms with Gasteiger partial charge in [-0.3, -0.25) is 4.79 Å². The Morgan fingerprint density at radius 3 is 2.45 bits per heavy atom. The molecule has 0 amide bonds. The minimum atomic E-state index is -0.865. The number of hydrogen-bond donors (Lipinski definition) is 1. The number of carbonyl (C=O) groups is 2. The van der Waals surface area contributed by atoms with Crippen LogP contribution in [0.5, 0.6) is 0 Å². The molecule has 0 aromatic rings. The Morgan fingerprint density at radius 1 is 1.30 bits per heavy atom. The van der Waals surface area contributed by atoms with E-state index in [9.17, 15) is 14.7 Å². The van der Waals surface area contributed by atoms with E-state index in [0.717, 1.165) is 6.08 Å². The number of aliphatic hydroxyl groups is 1. The third-order valence-electron chi connectivity index (χ3n) is 3.73. The second-order valence-corrected chi connectivity index (χ2v) is 5.03. The highest BCUT2D eigenvalue weighted by Gasteiger charge is 2.41. The smallest absolute Gasteiger partial charge is 0.373 e. The molecule has 1 saturated carbocycles. The van der Waals surface area contributed by atoms with Crippen LogP contribution in [0.25, 0.3) is 0 Å². The molecule has 2 fully saturated rings. The highest BCUT2D eigenvalue weighted by molar-refractivity contribution is 5.99. The Kier molecular flexibility index (Phi) is 4.77. The third kappa shape index (κ3) is 3.37. The van der Waals surface area contributed by atoms with Crippen molar-refractivity contribution in [2.75, 3.05) is 19.8 Å². The molecular formula is C14H20O6. The van der Waals surface area contributed by atoms with Crippen molar-refractivity contribution >= 4 is 11.8 Å². The largest absolute Gasteiger partial charge is 0.502 e. The van der Waals surface area contributed by atoms with Gasteiger partial charge in [-0.15, -0.1) is 0 Å². The van der Waals surface area contributed by atoms with Crippen LogP contribution in [-0.4, -0.2) is 42.5 Å². The fourth-order valence-corrected chi connectivity index (χ4v) is 2.64. The number of ketones is 1. The van der Waals surface area contributed by atoms with Gasteiger partial charge in [0.1, 0.15) is 0 Å². The standard InChI is InChI=1S/C14H20O6/c1-2-18-13(17)12(16)9-11(15)10-3-5-14(6-4-10)19-7-8-20-14/h9-10,16H,2-8H2,1H3. The molecule has 0 radical (unpaired) electrons. The first-order valence-electron chi connectivity index (χ1n) is 6.96. The zero-order chi connectivity index (χ0) is 14.6. The second kappa shape index (κ2) is 6.37. The number of esters is 1. The summed E-state index contributed by atoms with van der Waals surface area (Å²) in [5.74, 6) is -2.46. The van der Waals surface area contributed by atoms with Crippen molar-refractivity contribution in [1.82, 2.24) is 0 Å². The molecular weight excluding hydrogens is 264 g/mol. The lowest BCUT2D eigenvalue weighted by molar-refractivity contribution is -0.182. The summed E-state index contributed by atoms with van der Waals surface area (Å²) in [6.45, 7) is 2.99. The van der Waals surface area contributed by atoms with Gasteiger partial charge in [0.05, 0.1) is 19.8 Å². The predicted octanol–water partition coefficient (Wildman–Crippen LogP) is 1.49. The molecule has 0 bridgehead atoms. The molecule has 1 aliphatic carbocycles. The monoisotopic (exact) mass is 284 g/mol. The maximum atomic E-state index is 12.0. The Hall–Kier alpha value is -1.40. The zero-order valence-corrected chi connectivity index (χ0v) is 11.6. The highest BCUT2D eigenvalue weighted by atomic mass is 16.7. The highest BCUT2D eigenvalue weighted by Crippen LogP contribution is 2.38. The van der Waals surface area contributed by atoms with Gasteiger partial charge in [-0.05, 0) is 19.8 Å². The Morgan fingerprint density at radius 2 is 1.90 bits per heavy atom. The normalized spacial score (nSPS) is 22.9. The minimum Gasteiger partial charge on any atom is -0.502 e. The molecule has 1 aliphatic heterocycles. The maximum Gasteiger partial charge on any atom is 0.373 e. The van der Waals surface area contributed by atoms with Crippen LogP contribution in [0.2, 0.25) is 0 Å². The molecule has 6 heteroatoms. The Bertz CT molecular complexity index is 398. The minimum absolute atomic E-state index is 0.158. The van der Waals surface area contributed by atoms with E-state index in [1.165, 1.54) is 0 Å². The molecule has 1 heterocycles. The van der Waals surface area contributed by atoms with Crippen molar-refractivity contribution in [3.05, 3.63) is 11.8 Å². The maximum absolute atomic E-state index is 12.0. The molecule has 0 aromatic carbocycles. The first-order valence-corrected chi connectivity index (χ1v) is 6.96. The third-order valence-corrected chi connectivity index (χ3v) is 3.73. The predicted molar refractivity (Wildman–Crippen MR) is 68.9 cm³/mol. The van der Waals surface area contributed by atoms with Gasteiger partial charge < -0.3 is 19.3 Å². The number of hydrogen-bond acceptors (Lipinski definition) is 6. The summed E-state index contributed by atoms with van der Waals surface area (Å²) in [7, 11) is 0. The summed E-state index contributed by atoms with van der Waals surface area (Å²) in [4.78, 5) is 23.2. The average Bonchev–Trinajstić information content (AvgIpc) is 2.88. The van der Waals surface area contributed by atoms with Crippen LogP contribution >= 0.6 is 0 Å². The molecule has 0 atom stereocenters. The quantitative estimate of drug-likeness (QED) is 0.478. The van der Waals surface area contributed by atoms with Crippen LogP contribution in [-0.2, 0) is 23.8 Å². The summed E-state index contributed by atoms with van der Waals surface area (Å²) >= 11 is 0. The number of aliphatic hydroxyl groups excluding tert-OH is 1. The number of ether oxygens (including phenoxy) is 3. The van der Waals surface area contributed by atoms with Gasteiger partial charge in [0, 0.05) is 24.8 Å². The van der Waals surface area contributed by atoms with Gasteiger partial charge in [-0.2, -0.15) is 0 Å². The van der Waals surface area contributed by atoms with Crippen molar-refractivity contribution in [3.8, 4) is 0 Å². The molecule has 2 aliphatic rings. The molecule has 0 unspecified atom stereocenters. The van der Waals surface area contributed by atoms with Crippen molar-refractivity contribution in [2.24, 2.45) is 5.92 Å². The van der Waals surface area contributed by atoms with Gasteiger partial charge >= 0.3 is 5.97 Å². The van der Waals surface area contributed by atoms with E-state index < -0.39 is 17.5 Å². The van der Waals surface area contributed by atoms with Crippen molar-refractivity contribution in [2.45, 2.75) is 38.4 Å². The van der Waals surface area contributed by atoms with E-state index in [2.05, 4.69) is 4.74 Å². The molecule has 1 saturated heterocycles. The molecule has 2 rings (SSSR count). The van der Waals surface area contributed by atoms with Crippen LogP contribution in [0.4, 0.5) is 0 Å². The number of carbonyl (C=O) groups excluding carboxylic acids is 2. The lowest BCUT2D eigenvalue weighted by atomic mass is 9.82. The molecule has 6 nitrogen and oxygen atoms in total. The molecule has 0 aromatic heterocycles. The second-order valence-electron chi connectivity index (χ2n) is 5.03. The van der Waals surface area contributed by atoms with Crippen molar-refractivity contribution in [1.29, 1.82) is 0 Å². The SMILES string of the molecule is CCOC(=O)C(O)=CC(=O)C1CCC2(CC1)OCCO2. The summed E-state index contributed by atoms with van der Waals surface area (Å²) in [5, 5.41) is 9.47. The Balaban J connectivity index is 1.88. The van der Waals surface area contributed by atoms with Gasteiger partial charge in [0.25, 0.3) is 0 Å². The molecule has 1 spiro atoms. The van der Waals surface area contributed by atoms with Gasteiger partial charge in [-0.1, -0.05) is 0 Å². The fourth-order valence-electron chi connectivity index (χ4n) is 2.64. The fraction of sp³-hybridized carbons (Fsp3) is 0.714. The topological polar surface area (TPSA) is 82.1 Å². The van der Waals surface area contributed by atoms with E-state index in [4.69, 9.17) is 9.47 Å². The van der Waals surface area contributed by atoms with E-state index in [1.54, 1.807) is 6.92 Å². The first-order chi connectivity index (χ1) is 9.56. The summed E-state index contributed by atoms with van der Waals surface area (Å²) in [6, 6.07) is 0. The van der Waals surface area contributed by atoms with E-state index in [-0.39, 0.29) is 18.3 Å². The number of allylic oxidation sites excluding steroid dienone is 1. The van der Waals surface area contributed by atoms with E-state index >= 15 is 0 Å². The van der Waals surface area contributed by atoms with Crippen molar-refractivity contribution < 1.29 is 28.9 Å². The van der Waals surface area contributed by atoms with Crippen molar-refractivity contribution in [3.63, 3.8) is 0 Å². The molecule has 112 valence electrons. The van der Waals surface area contributed by atoms with E-state index in [0.29, 0.717) is 38.9 Å². The van der Waals surface area contributed by atoms with Crippen LogP contribution < -0.4 is 0 Å². The van der Waals surface area contributed by atoms with E-state index in [1.807, 2.05) is 0 Å². The van der Waals surface area contributed by atoms with Crippen LogP contribution in [0, 0.1) is 5.92 Å². The molecule has 20 heavy (non-hydrogen) atoms. The summed E-state index contributed by atoms with van der Waals surface area (Å²) in [6.07, 6.45) is 3.56. The van der Waals surface area contributed by atoms with Gasteiger partial charge in [0.2, 0.25) is 5.76 Å². The van der Waals surface area contributed by atoms with Crippen LogP contribution in [0.15, 0.2) is 11.8 Å². The lowest BCUT2D eigenvalue weighted by Gasteiger charge is -2.34. The van der Waals surface area contributed by atoms with Crippen LogP contribution in [0.3, 0.4) is 0 Å². The Labute approximate surface area is 117 Å². The lowest BCUT2D eigenvalue weighted by Crippen LogP contribution is -2.36. The summed E-state index contributed by atoms with van der Waals surface area (Å²) in [5.41, 5.74) is 0. The van der Waals surface area contributed by atoms with Gasteiger partial charge in [-0.25, -0.2) is 4.79 Å². The number of rotatable bonds is 4. The summed E-state index contributed by atoms with van der Waals surface area (Å²) < 4.78 is 15.8. The zero-order valence-electron chi connectivity index (χ0n) is 11.6. The molecule has 1 N–H and O–H groups in total.